The van der Waals surface area contributed by atoms with Crippen LogP contribution >= 0.6 is 0 Å². The second-order valence-corrected chi connectivity index (χ2v) is 5.07. The highest BCUT2D eigenvalue weighted by Gasteiger charge is 2.31. The third-order valence-electron chi connectivity index (χ3n) is 3.73. The zero-order chi connectivity index (χ0) is 12.5. The molecule has 1 aliphatic carbocycles. The van der Waals surface area contributed by atoms with E-state index in [4.69, 9.17) is 4.52 Å². The van der Waals surface area contributed by atoms with Crippen LogP contribution in [-0.4, -0.2) is 34.0 Å². The number of carbonyl (C=O) groups excluding carboxylic acids is 1. The van der Waals surface area contributed by atoms with E-state index in [0.717, 1.165) is 37.6 Å². The van der Waals surface area contributed by atoms with Gasteiger partial charge in [0.1, 0.15) is 0 Å². The fraction of sp³-hybridized carbons (Fsp3) is 0.615. The van der Waals surface area contributed by atoms with E-state index in [1.807, 2.05) is 4.90 Å². The maximum atomic E-state index is 11.5. The maximum absolute atomic E-state index is 11.5. The lowest BCUT2D eigenvalue weighted by atomic mass is 9.97. The number of nitrogens with zero attached hydrogens (tertiary/aromatic N) is 3. The summed E-state index contributed by atoms with van der Waals surface area (Å²) in [6, 6.07) is 0. The minimum atomic E-state index is 0.0117. The van der Waals surface area contributed by atoms with E-state index in [2.05, 4.69) is 16.7 Å². The SMILES string of the molecule is C=CC(=O)N1CCC(c2nc(C3CC3)no2)CC1. The Kier molecular flexibility index (Phi) is 2.89. The number of piperidine rings is 1. The molecule has 3 rings (SSSR count). The van der Waals surface area contributed by atoms with Crippen LogP contribution in [-0.2, 0) is 4.79 Å². The molecule has 1 aromatic heterocycles. The van der Waals surface area contributed by atoms with Gasteiger partial charge < -0.3 is 9.42 Å². The van der Waals surface area contributed by atoms with Gasteiger partial charge in [0.15, 0.2) is 5.82 Å². The number of hydrogen-bond acceptors (Lipinski definition) is 4. The first kappa shape index (κ1) is 11.4. The monoisotopic (exact) mass is 247 g/mol. The molecule has 2 aliphatic rings. The number of carbonyl (C=O) groups is 1. The van der Waals surface area contributed by atoms with Gasteiger partial charge in [-0.2, -0.15) is 4.98 Å². The van der Waals surface area contributed by atoms with Crippen molar-refractivity contribution >= 4 is 5.91 Å². The summed E-state index contributed by atoms with van der Waals surface area (Å²) in [4.78, 5) is 17.8. The Morgan fingerprint density at radius 3 is 2.61 bits per heavy atom. The fourth-order valence-electron chi connectivity index (χ4n) is 2.40. The highest BCUT2D eigenvalue weighted by molar-refractivity contribution is 5.87. The van der Waals surface area contributed by atoms with E-state index in [1.54, 1.807) is 0 Å². The van der Waals surface area contributed by atoms with Crippen molar-refractivity contribution in [3.8, 4) is 0 Å². The molecule has 1 amide bonds. The van der Waals surface area contributed by atoms with E-state index in [1.165, 1.54) is 18.9 Å². The molecule has 18 heavy (non-hydrogen) atoms. The number of amides is 1. The lowest BCUT2D eigenvalue weighted by Gasteiger charge is -2.29. The van der Waals surface area contributed by atoms with Crippen molar-refractivity contribution in [1.29, 1.82) is 0 Å². The van der Waals surface area contributed by atoms with Crippen LogP contribution in [0.4, 0.5) is 0 Å². The Bertz CT molecular complexity index is 457. The summed E-state index contributed by atoms with van der Waals surface area (Å²) in [7, 11) is 0. The molecule has 0 atom stereocenters. The summed E-state index contributed by atoms with van der Waals surface area (Å²) in [6.45, 7) is 5.00. The van der Waals surface area contributed by atoms with Crippen LogP contribution in [0.2, 0.25) is 0 Å². The second-order valence-electron chi connectivity index (χ2n) is 5.07. The highest BCUT2D eigenvalue weighted by atomic mass is 16.5. The van der Waals surface area contributed by atoms with Crippen molar-refractivity contribution in [1.82, 2.24) is 15.0 Å². The molecule has 2 fully saturated rings. The van der Waals surface area contributed by atoms with Crippen molar-refractivity contribution in [3.05, 3.63) is 24.4 Å². The summed E-state index contributed by atoms with van der Waals surface area (Å²) < 4.78 is 5.34. The van der Waals surface area contributed by atoms with Gasteiger partial charge in [-0.05, 0) is 31.8 Å². The molecule has 0 radical (unpaired) electrons. The third-order valence-corrected chi connectivity index (χ3v) is 3.73. The lowest BCUT2D eigenvalue weighted by molar-refractivity contribution is -0.127. The summed E-state index contributed by atoms with van der Waals surface area (Å²) in [5.41, 5.74) is 0. The van der Waals surface area contributed by atoms with Crippen LogP contribution in [0.1, 0.15) is 49.2 Å². The first-order chi connectivity index (χ1) is 8.78. The highest BCUT2D eigenvalue weighted by Crippen LogP contribution is 2.39. The number of likely N-dealkylation sites (tertiary alicyclic amines) is 1. The van der Waals surface area contributed by atoms with Crippen molar-refractivity contribution in [2.75, 3.05) is 13.1 Å². The Labute approximate surface area is 106 Å². The van der Waals surface area contributed by atoms with Crippen LogP contribution in [0.5, 0.6) is 0 Å². The molecule has 96 valence electrons. The van der Waals surface area contributed by atoms with Gasteiger partial charge in [0.2, 0.25) is 11.8 Å². The minimum absolute atomic E-state index is 0.0117. The average molecular weight is 247 g/mol. The Balaban J connectivity index is 1.61. The number of rotatable bonds is 3. The van der Waals surface area contributed by atoms with Crippen LogP contribution in [0.15, 0.2) is 17.2 Å². The van der Waals surface area contributed by atoms with Crippen molar-refractivity contribution in [2.24, 2.45) is 0 Å². The van der Waals surface area contributed by atoms with Crippen LogP contribution < -0.4 is 0 Å². The van der Waals surface area contributed by atoms with E-state index in [-0.39, 0.29) is 5.91 Å². The van der Waals surface area contributed by atoms with Crippen LogP contribution in [0, 0.1) is 0 Å². The topological polar surface area (TPSA) is 59.2 Å². The average Bonchev–Trinajstić information content (AvgIpc) is 3.16. The zero-order valence-electron chi connectivity index (χ0n) is 10.3. The molecule has 1 saturated heterocycles. The summed E-state index contributed by atoms with van der Waals surface area (Å²) >= 11 is 0. The van der Waals surface area contributed by atoms with E-state index < -0.39 is 0 Å². The fourth-order valence-corrected chi connectivity index (χ4v) is 2.40. The molecule has 1 aliphatic heterocycles. The molecule has 0 N–H and O–H groups in total. The molecule has 0 spiro atoms. The van der Waals surface area contributed by atoms with Crippen molar-refractivity contribution in [2.45, 2.75) is 37.5 Å². The molecular weight excluding hydrogens is 230 g/mol. The van der Waals surface area contributed by atoms with Crippen LogP contribution in [0.3, 0.4) is 0 Å². The summed E-state index contributed by atoms with van der Waals surface area (Å²) in [6.07, 6.45) is 5.53. The molecule has 5 heteroatoms. The number of hydrogen-bond donors (Lipinski definition) is 0. The van der Waals surface area contributed by atoms with Gasteiger partial charge >= 0.3 is 0 Å². The quantitative estimate of drug-likeness (QED) is 0.765. The number of aromatic nitrogens is 2. The Hall–Kier alpha value is -1.65. The van der Waals surface area contributed by atoms with Gasteiger partial charge in [-0.3, -0.25) is 4.79 Å². The molecule has 5 nitrogen and oxygen atoms in total. The van der Waals surface area contributed by atoms with Crippen molar-refractivity contribution < 1.29 is 9.32 Å². The molecule has 2 heterocycles. The predicted molar refractivity (Wildman–Crippen MR) is 65.0 cm³/mol. The van der Waals surface area contributed by atoms with Crippen LogP contribution in [0.25, 0.3) is 0 Å². The van der Waals surface area contributed by atoms with Gasteiger partial charge in [-0.1, -0.05) is 11.7 Å². The lowest BCUT2D eigenvalue weighted by Crippen LogP contribution is -2.36. The van der Waals surface area contributed by atoms with Gasteiger partial charge in [-0.25, -0.2) is 0 Å². The second kappa shape index (κ2) is 4.55. The predicted octanol–water partition coefficient (Wildman–Crippen LogP) is 1.84. The third kappa shape index (κ3) is 2.17. The molecule has 1 aromatic rings. The Morgan fingerprint density at radius 2 is 2.00 bits per heavy atom. The molecule has 1 saturated carbocycles. The molecule has 0 unspecified atom stereocenters. The van der Waals surface area contributed by atoms with Gasteiger partial charge in [-0.15, -0.1) is 0 Å². The van der Waals surface area contributed by atoms with Gasteiger partial charge in [0.05, 0.1) is 0 Å². The first-order valence-electron chi connectivity index (χ1n) is 6.52. The summed E-state index contributed by atoms with van der Waals surface area (Å²) in [5.74, 6) is 2.47. The van der Waals surface area contributed by atoms with E-state index in [9.17, 15) is 4.79 Å². The normalized spacial score (nSPS) is 21.0. The Morgan fingerprint density at radius 1 is 1.28 bits per heavy atom. The summed E-state index contributed by atoms with van der Waals surface area (Å²) in [5, 5.41) is 4.04. The zero-order valence-corrected chi connectivity index (χ0v) is 10.3. The maximum Gasteiger partial charge on any atom is 0.245 e. The van der Waals surface area contributed by atoms with E-state index in [0.29, 0.717) is 11.8 Å². The van der Waals surface area contributed by atoms with Gasteiger partial charge in [0, 0.05) is 24.9 Å². The first-order valence-corrected chi connectivity index (χ1v) is 6.52. The van der Waals surface area contributed by atoms with Gasteiger partial charge in [0.25, 0.3) is 0 Å². The largest absolute Gasteiger partial charge is 0.339 e. The minimum Gasteiger partial charge on any atom is -0.339 e. The smallest absolute Gasteiger partial charge is 0.245 e. The standard InChI is InChI=1S/C13H17N3O2/c1-2-11(17)16-7-5-10(6-8-16)13-14-12(15-18-13)9-3-4-9/h2,9-10H,1,3-8H2. The van der Waals surface area contributed by atoms with Crippen molar-refractivity contribution in [3.63, 3.8) is 0 Å². The van der Waals surface area contributed by atoms with E-state index >= 15 is 0 Å². The molecular formula is C13H17N3O2. The molecule has 0 bridgehead atoms. The molecule has 0 aromatic carbocycles.